The van der Waals surface area contributed by atoms with Crippen LogP contribution in [-0.4, -0.2) is 40.6 Å². The third kappa shape index (κ3) is 2.55. The van der Waals surface area contributed by atoms with Crippen molar-refractivity contribution in [1.29, 1.82) is 0 Å². The number of anilines is 1. The first-order chi connectivity index (χ1) is 7.99. The van der Waals surface area contributed by atoms with Gasteiger partial charge in [0.1, 0.15) is 0 Å². The zero-order valence-corrected chi connectivity index (χ0v) is 10.3. The lowest BCUT2D eigenvalue weighted by atomic mass is 10.1. The fourth-order valence-corrected chi connectivity index (χ4v) is 2.36. The smallest absolute Gasteiger partial charge is 0.0990 e. The van der Waals surface area contributed by atoms with Crippen molar-refractivity contribution in [3.05, 3.63) is 28.8 Å². The largest absolute Gasteiger partial charge is 0.389 e. The molecule has 1 aliphatic rings. The molecule has 0 radical (unpaired) electrons. The maximum Gasteiger partial charge on any atom is 0.0990 e. The first kappa shape index (κ1) is 12.6. The molecule has 3 N–H and O–H groups in total. The van der Waals surface area contributed by atoms with E-state index in [0.29, 0.717) is 23.7 Å². The molecule has 17 heavy (non-hydrogen) atoms. The molecular weight excluding hydrogens is 242 g/mol. The van der Waals surface area contributed by atoms with Crippen LogP contribution in [0.1, 0.15) is 18.6 Å². The summed E-state index contributed by atoms with van der Waals surface area (Å²) in [5.74, 6) is 0. The number of aliphatic hydroxyl groups is 3. The fraction of sp³-hybridized carbons (Fsp3) is 0.500. The van der Waals surface area contributed by atoms with Gasteiger partial charge in [0.25, 0.3) is 0 Å². The molecular formula is C12H16ClNO3. The number of rotatable bonds is 2. The Kier molecular flexibility index (Phi) is 3.58. The van der Waals surface area contributed by atoms with E-state index in [4.69, 9.17) is 11.6 Å². The number of nitrogens with zero attached hydrogens (tertiary/aromatic N) is 1. The number of β-amino-alcohol motifs (C(OH)–C–C–N with tert-alkyl or cyclic N) is 2. The lowest BCUT2D eigenvalue weighted by Gasteiger charge is -2.19. The van der Waals surface area contributed by atoms with Gasteiger partial charge in [-0.15, -0.1) is 0 Å². The van der Waals surface area contributed by atoms with Crippen molar-refractivity contribution in [3.63, 3.8) is 0 Å². The summed E-state index contributed by atoms with van der Waals surface area (Å²) in [6.07, 6.45) is -2.04. The standard InChI is InChI=1S/C12H16ClNO3/c1-7(15)9-3-2-8(4-10(9)13)14-5-11(16)12(17)6-14/h2-4,7,11-12,15-17H,5-6H2,1H3. The van der Waals surface area contributed by atoms with Gasteiger partial charge in [-0.25, -0.2) is 0 Å². The second-order valence-corrected chi connectivity index (χ2v) is 4.83. The van der Waals surface area contributed by atoms with Crippen LogP contribution in [0.25, 0.3) is 0 Å². The Balaban J connectivity index is 2.21. The van der Waals surface area contributed by atoms with Gasteiger partial charge in [0, 0.05) is 23.8 Å². The molecule has 1 aromatic carbocycles. The fourth-order valence-electron chi connectivity index (χ4n) is 2.03. The van der Waals surface area contributed by atoms with E-state index in [9.17, 15) is 15.3 Å². The van der Waals surface area contributed by atoms with E-state index in [2.05, 4.69) is 0 Å². The van der Waals surface area contributed by atoms with Crippen LogP contribution in [0.5, 0.6) is 0 Å². The molecule has 1 heterocycles. The van der Waals surface area contributed by atoms with Crippen molar-refractivity contribution in [1.82, 2.24) is 0 Å². The van der Waals surface area contributed by atoms with Crippen molar-refractivity contribution in [3.8, 4) is 0 Å². The molecule has 0 aromatic heterocycles. The normalized spacial score (nSPS) is 26.3. The highest BCUT2D eigenvalue weighted by Crippen LogP contribution is 2.29. The molecule has 0 aliphatic carbocycles. The number of halogens is 1. The molecule has 5 heteroatoms. The Morgan fingerprint density at radius 3 is 2.35 bits per heavy atom. The summed E-state index contributed by atoms with van der Waals surface area (Å²) in [7, 11) is 0. The summed E-state index contributed by atoms with van der Waals surface area (Å²) >= 11 is 6.06. The minimum Gasteiger partial charge on any atom is -0.389 e. The Labute approximate surface area is 105 Å². The van der Waals surface area contributed by atoms with Crippen molar-refractivity contribution < 1.29 is 15.3 Å². The Bertz CT molecular complexity index is 401. The number of hydrogen-bond donors (Lipinski definition) is 3. The highest BCUT2D eigenvalue weighted by molar-refractivity contribution is 6.31. The average molecular weight is 258 g/mol. The molecule has 1 aliphatic heterocycles. The number of hydrogen-bond acceptors (Lipinski definition) is 4. The van der Waals surface area contributed by atoms with E-state index in [0.717, 1.165) is 5.69 Å². The van der Waals surface area contributed by atoms with Gasteiger partial charge < -0.3 is 20.2 Å². The molecule has 1 aromatic rings. The van der Waals surface area contributed by atoms with Crippen LogP contribution in [0.4, 0.5) is 5.69 Å². The average Bonchev–Trinajstić information content (AvgIpc) is 2.58. The van der Waals surface area contributed by atoms with Crippen LogP contribution >= 0.6 is 11.6 Å². The zero-order chi connectivity index (χ0) is 12.6. The molecule has 1 fully saturated rings. The Hall–Kier alpha value is -0.810. The van der Waals surface area contributed by atoms with E-state index in [1.807, 2.05) is 11.0 Å². The number of benzene rings is 1. The highest BCUT2D eigenvalue weighted by atomic mass is 35.5. The van der Waals surface area contributed by atoms with Gasteiger partial charge in [0.15, 0.2) is 0 Å². The predicted octanol–water partition coefficient (Wildman–Crippen LogP) is 0.935. The van der Waals surface area contributed by atoms with Gasteiger partial charge in [-0.3, -0.25) is 0 Å². The molecule has 4 nitrogen and oxygen atoms in total. The zero-order valence-electron chi connectivity index (χ0n) is 9.55. The quantitative estimate of drug-likeness (QED) is 0.738. The molecule has 1 saturated heterocycles. The van der Waals surface area contributed by atoms with Crippen LogP contribution < -0.4 is 4.90 Å². The Morgan fingerprint density at radius 2 is 1.88 bits per heavy atom. The van der Waals surface area contributed by atoms with E-state index < -0.39 is 18.3 Å². The molecule has 0 bridgehead atoms. The summed E-state index contributed by atoms with van der Waals surface area (Å²) < 4.78 is 0. The summed E-state index contributed by atoms with van der Waals surface area (Å²) in [5, 5.41) is 28.9. The van der Waals surface area contributed by atoms with Crippen molar-refractivity contribution in [2.75, 3.05) is 18.0 Å². The Morgan fingerprint density at radius 1 is 1.29 bits per heavy atom. The van der Waals surface area contributed by atoms with Crippen molar-refractivity contribution in [2.45, 2.75) is 25.2 Å². The summed E-state index contributed by atoms with van der Waals surface area (Å²) in [6.45, 7) is 2.45. The van der Waals surface area contributed by atoms with Gasteiger partial charge in [-0.2, -0.15) is 0 Å². The van der Waals surface area contributed by atoms with Crippen LogP contribution in [0.2, 0.25) is 5.02 Å². The van der Waals surface area contributed by atoms with Crippen LogP contribution in [0.3, 0.4) is 0 Å². The lowest BCUT2D eigenvalue weighted by molar-refractivity contribution is 0.0572. The first-order valence-electron chi connectivity index (χ1n) is 5.57. The molecule has 3 atom stereocenters. The van der Waals surface area contributed by atoms with Gasteiger partial charge in [0.2, 0.25) is 0 Å². The van der Waals surface area contributed by atoms with E-state index in [1.165, 1.54) is 0 Å². The second kappa shape index (κ2) is 4.82. The summed E-state index contributed by atoms with van der Waals surface area (Å²) in [4.78, 5) is 1.87. The molecule has 0 saturated carbocycles. The molecule has 0 spiro atoms. The van der Waals surface area contributed by atoms with Gasteiger partial charge >= 0.3 is 0 Å². The summed E-state index contributed by atoms with van der Waals surface area (Å²) in [6, 6.07) is 5.34. The lowest BCUT2D eigenvalue weighted by Crippen LogP contribution is -2.22. The van der Waals surface area contributed by atoms with Crippen LogP contribution in [-0.2, 0) is 0 Å². The first-order valence-corrected chi connectivity index (χ1v) is 5.95. The molecule has 94 valence electrons. The minimum atomic E-state index is -0.717. The maximum atomic E-state index is 9.48. The molecule has 0 amide bonds. The molecule has 2 rings (SSSR count). The monoisotopic (exact) mass is 257 g/mol. The minimum absolute atomic E-state index is 0.394. The van der Waals surface area contributed by atoms with E-state index in [-0.39, 0.29) is 0 Å². The summed E-state index contributed by atoms with van der Waals surface area (Å²) in [5.41, 5.74) is 1.52. The number of aliphatic hydroxyl groups excluding tert-OH is 3. The predicted molar refractivity (Wildman–Crippen MR) is 66.3 cm³/mol. The SMILES string of the molecule is CC(O)c1ccc(N2CC(O)C(O)C2)cc1Cl. The third-order valence-electron chi connectivity index (χ3n) is 3.06. The van der Waals surface area contributed by atoms with Gasteiger partial charge in [0.05, 0.1) is 18.3 Å². The topological polar surface area (TPSA) is 63.9 Å². The van der Waals surface area contributed by atoms with E-state index in [1.54, 1.807) is 19.1 Å². The van der Waals surface area contributed by atoms with Crippen molar-refractivity contribution >= 4 is 17.3 Å². The van der Waals surface area contributed by atoms with Gasteiger partial charge in [-0.1, -0.05) is 17.7 Å². The van der Waals surface area contributed by atoms with Crippen molar-refractivity contribution in [2.24, 2.45) is 0 Å². The second-order valence-electron chi connectivity index (χ2n) is 4.42. The van der Waals surface area contributed by atoms with E-state index >= 15 is 0 Å². The van der Waals surface area contributed by atoms with Crippen LogP contribution in [0, 0.1) is 0 Å². The molecule has 3 unspecified atom stereocenters. The third-order valence-corrected chi connectivity index (χ3v) is 3.39. The maximum absolute atomic E-state index is 9.48. The highest BCUT2D eigenvalue weighted by Gasteiger charge is 2.29. The van der Waals surface area contributed by atoms with Crippen LogP contribution in [0.15, 0.2) is 18.2 Å². The van der Waals surface area contributed by atoms with Gasteiger partial charge in [-0.05, 0) is 24.6 Å².